The molecule has 0 saturated carbocycles. The van der Waals surface area contributed by atoms with Crippen molar-refractivity contribution >= 4 is 17.1 Å². The lowest BCUT2D eigenvalue weighted by Gasteiger charge is -2.21. The quantitative estimate of drug-likeness (QED) is 0.770. The minimum absolute atomic E-state index is 0.0993. The van der Waals surface area contributed by atoms with Gasteiger partial charge in [0.15, 0.2) is 11.2 Å². The van der Waals surface area contributed by atoms with Crippen molar-refractivity contribution in [2.45, 2.75) is 19.3 Å². The van der Waals surface area contributed by atoms with E-state index in [0.29, 0.717) is 29.8 Å². The van der Waals surface area contributed by atoms with Crippen molar-refractivity contribution < 1.29 is 9.53 Å². The summed E-state index contributed by atoms with van der Waals surface area (Å²) in [6, 6.07) is 7.54. The molecule has 2 aromatic heterocycles. The first-order valence-corrected chi connectivity index (χ1v) is 8.21. The average molecular weight is 338 g/mol. The van der Waals surface area contributed by atoms with Gasteiger partial charge >= 0.3 is 0 Å². The molecule has 128 valence electrons. The number of aromatic nitrogens is 5. The summed E-state index contributed by atoms with van der Waals surface area (Å²) in [6.07, 6.45) is 3.84. The van der Waals surface area contributed by atoms with Gasteiger partial charge in [-0.2, -0.15) is 4.68 Å². The third-order valence-electron chi connectivity index (χ3n) is 4.38. The van der Waals surface area contributed by atoms with E-state index in [0.717, 1.165) is 24.4 Å². The van der Waals surface area contributed by atoms with E-state index < -0.39 is 0 Å². The van der Waals surface area contributed by atoms with Gasteiger partial charge in [-0.3, -0.25) is 4.79 Å². The third-order valence-corrected chi connectivity index (χ3v) is 4.38. The van der Waals surface area contributed by atoms with Gasteiger partial charge in [-0.15, -0.1) is 5.10 Å². The molecule has 1 fully saturated rings. The van der Waals surface area contributed by atoms with Gasteiger partial charge in [0.2, 0.25) is 5.91 Å². The molecule has 1 atom stereocenters. The van der Waals surface area contributed by atoms with Gasteiger partial charge in [0.25, 0.3) is 0 Å². The molecule has 8 nitrogen and oxygen atoms in total. The van der Waals surface area contributed by atoms with E-state index in [1.807, 2.05) is 24.3 Å². The molecule has 0 spiro atoms. The maximum absolute atomic E-state index is 11.5. The molecule has 0 radical (unpaired) electrons. The number of methoxy groups -OCH3 is 1. The number of hydrogen-bond acceptors (Lipinski definition) is 6. The number of nitrogens with one attached hydrogen (secondary N) is 1. The molecule has 1 aliphatic rings. The molecule has 3 heterocycles. The second kappa shape index (κ2) is 6.46. The zero-order valence-corrected chi connectivity index (χ0v) is 13.8. The summed E-state index contributed by atoms with van der Waals surface area (Å²) in [4.78, 5) is 20.6. The van der Waals surface area contributed by atoms with Crippen LogP contribution in [0.15, 0.2) is 30.5 Å². The summed E-state index contributed by atoms with van der Waals surface area (Å²) < 4.78 is 6.87. The molecule has 1 aromatic carbocycles. The zero-order chi connectivity index (χ0) is 17.2. The molecular formula is C17H18N6O2. The monoisotopic (exact) mass is 338 g/mol. The van der Waals surface area contributed by atoms with Crippen LogP contribution in [0.3, 0.4) is 0 Å². The van der Waals surface area contributed by atoms with E-state index in [1.165, 1.54) is 0 Å². The molecule has 0 aliphatic carbocycles. The van der Waals surface area contributed by atoms with Crippen LogP contribution < -0.4 is 10.1 Å². The van der Waals surface area contributed by atoms with Crippen LogP contribution in [0.4, 0.5) is 0 Å². The highest BCUT2D eigenvalue weighted by atomic mass is 16.5. The van der Waals surface area contributed by atoms with Gasteiger partial charge in [-0.25, -0.2) is 9.97 Å². The molecule has 1 saturated heterocycles. The topological polar surface area (TPSA) is 94.8 Å². The number of carbonyl (C=O) groups is 1. The summed E-state index contributed by atoms with van der Waals surface area (Å²) in [5, 5.41) is 11.2. The van der Waals surface area contributed by atoms with Gasteiger partial charge < -0.3 is 10.1 Å². The number of carbonyl (C=O) groups excluding carboxylic acids is 1. The fraction of sp³-hybridized carbons (Fsp3) is 0.353. The SMILES string of the molecule is COc1ccc(-n2nnc3cnc(CC4CCNC(=O)C4)nc32)cc1. The van der Waals surface area contributed by atoms with Crippen LogP contribution in [0.1, 0.15) is 18.7 Å². The van der Waals surface area contributed by atoms with Gasteiger partial charge in [0.05, 0.1) is 19.0 Å². The number of ether oxygens (including phenoxy) is 1. The first-order valence-electron chi connectivity index (χ1n) is 8.21. The minimum atomic E-state index is 0.0993. The Balaban J connectivity index is 1.63. The van der Waals surface area contributed by atoms with Crippen molar-refractivity contribution in [2.24, 2.45) is 5.92 Å². The van der Waals surface area contributed by atoms with Crippen LogP contribution in [-0.4, -0.2) is 44.5 Å². The predicted molar refractivity (Wildman–Crippen MR) is 90.4 cm³/mol. The standard InChI is InChI=1S/C17H18N6O2/c1-25-13-4-2-12(3-5-13)23-17-14(21-22-23)10-19-15(20-17)8-11-6-7-18-16(24)9-11/h2-5,10-11H,6-9H2,1H3,(H,18,24). The first kappa shape index (κ1) is 15.5. The Kier molecular flexibility index (Phi) is 4.01. The van der Waals surface area contributed by atoms with Crippen LogP contribution in [0, 0.1) is 5.92 Å². The third kappa shape index (κ3) is 3.15. The number of fused-ring (bicyclic) bond motifs is 1. The number of nitrogens with zero attached hydrogens (tertiary/aromatic N) is 5. The molecule has 3 aromatic rings. The maximum Gasteiger partial charge on any atom is 0.220 e. The van der Waals surface area contributed by atoms with Crippen LogP contribution in [0.2, 0.25) is 0 Å². The fourth-order valence-electron chi connectivity index (χ4n) is 3.04. The number of piperidine rings is 1. The summed E-state index contributed by atoms with van der Waals surface area (Å²) in [5.74, 6) is 1.86. The second-order valence-corrected chi connectivity index (χ2v) is 6.11. The lowest BCUT2D eigenvalue weighted by atomic mass is 9.94. The van der Waals surface area contributed by atoms with Crippen molar-refractivity contribution in [3.63, 3.8) is 0 Å². The molecule has 1 N–H and O–H groups in total. The summed E-state index contributed by atoms with van der Waals surface area (Å²) in [7, 11) is 1.63. The number of hydrogen-bond donors (Lipinski definition) is 1. The van der Waals surface area contributed by atoms with Gasteiger partial charge in [0, 0.05) is 19.4 Å². The maximum atomic E-state index is 11.5. The van der Waals surface area contributed by atoms with Crippen LogP contribution in [0.5, 0.6) is 5.75 Å². The highest BCUT2D eigenvalue weighted by molar-refractivity contribution is 5.76. The minimum Gasteiger partial charge on any atom is -0.497 e. The van der Waals surface area contributed by atoms with Crippen LogP contribution >= 0.6 is 0 Å². The molecule has 8 heteroatoms. The van der Waals surface area contributed by atoms with E-state index >= 15 is 0 Å². The molecule has 25 heavy (non-hydrogen) atoms. The Morgan fingerprint density at radius 3 is 2.92 bits per heavy atom. The zero-order valence-electron chi connectivity index (χ0n) is 13.8. The normalized spacial score (nSPS) is 17.5. The van der Waals surface area contributed by atoms with Gasteiger partial charge in [0.1, 0.15) is 11.6 Å². The Bertz CT molecular complexity index is 905. The molecule has 1 aliphatic heterocycles. The second-order valence-electron chi connectivity index (χ2n) is 6.11. The van der Waals surface area contributed by atoms with Crippen molar-refractivity contribution in [1.82, 2.24) is 30.3 Å². The van der Waals surface area contributed by atoms with Crippen molar-refractivity contribution in [2.75, 3.05) is 13.7 Å². The smallest absolute Gasteiger partial charge is 0.220 e. The van der Waals surface area contributed by atoms with Gasteiger partial charge in [-0.05, 0) is 36.6 Å². The number of amides is 1. The number of rotatable bonds is 4. The fourth-order valence-corrected chi connectivity index (χ4v) is 3.04. The largest absolute Gasteiger partial charge is 0.497 e. The van der Waals surface area contributed by atoms with Crippen molar-refractivity contribution in [3.8, 4) is 11.4 Å². The van der Waals surface area contributed by atoms with E-state index in [2.05, 4.69) is 25.6 Å². The van der Waals surface area contributed by atoms with E-state index in [1.54, 1.807) is 18.0 Å². The molecule has 0 bridgehead atoms. The van der Waals surface area contributed by atoms with E-state index in [4.69, 9.17) is 4.74 Å². The highest BCUT2D eigenvalue weighted by Gasteiger charge is 2.21. The predicted octanol–water partition coefficient (Wildman–Crippen LogP) is 1.29. The van der Waals surface area contributed by atoms with Crippen LogP contribution in [0.25, 0.3) is 16.9 Å². The Labute approximate surface area is 144 Å². The van der Waals surface area contributed by atoms with Crippen molar-refractivity contribution in [1.29, 1.82) is 0 Å². The summed E-state index contributed by atoms with van der Waals surface area (Å²) >= 11 is 0. The lowest BCUT2D eigenvalue weighted by Crippen LogP contribution is -2.34. The molecule has 4 rings (SSSR count). The number of benzene rings is 1. The Morgan fingerprint density at radius 1 is 1.32 bits per heavy atom. The van der Waals surface area contributed by atoms with Gasteiger partial charge in [-0.1, -0.05) is 5.21 Å². The summed E-state index contributed by atoms with van der Waals surface area (Å²) in [5.41, 5.74) is 2.15. The Hall–Kier alpha value is -3.03. The first-order chi connectivity index (χ1) is 12.2. The highest BCUT2D eigenvalue weighted by Crippen LogP contribution is 2.20. The molecule has 1 amide bonds. The van der Waals surface area contributed by atoms with E-state index in [9.17, 15) is 4.79 Å². The van der Waals surface area contributed by atoms with Crippen LogP contribution in [-0.2, 0) is 11.2 Å². The molecule has 1 unspecified atom stereocenters. The average Bonchev–Trinajstić information content (AvgIpc) is 3.05. The summed E-state index contributed by atoms with van der Waals surface area (Å²) in [6.45, 7) is 0.719. The molecular weight excluding hydrogens is 320 g/mol. The Morgan fingerprint density at radius 2 is 2.16 bits per heavy atom. The van der Waals surface area contributed by atoms with Crippen molar-refractivity contribution in [3.05, 3.63) is 36.3 Å². The lowest BCUT2D eigenvalue weighted by molar-refractivity contribution is -0.123. The van der Waals surface area contributed by atoms with E-state index in [-0.39, 0.29) is 11.8 Å².